The topological polar surface area (TPSA) is 46.2 Å². The largest absolute Gasteiger partial charge is 0.379 e. The maximum absolute atomic E-state index is 7.83. The van der Waals surface area contributed by atoms with Crippen molar-refractivity contribution in [2.45, 2.75) is 13.2 Å². The van der Waals surface area contributed by atoms with Gasteiger partial charge in [-0.3, -0.25) is 0 Å². The quantitative estimate of drug-likeness (QED) is 0.414. The molecule has 0 fully saturated rings. The van der Waals surface area contributed by atoms with Crippen molar-refractivity contribution in [1.82, 2.24) is 0 Å². The van der Waals surface area contributed by atoms with Crippen LogP contribution in [-0.4, -0.2) is 11.3 Å². The minimum atomic E-state index is -0.667. The van der Waals surface area contributed by atoms with Gasteiger partial charge in [0.1, 0.15) is 0 Å². The molecule has 0 heterocycles. The average Bonchev–Trinajstić information content (AvgIpc) is 0.811. The number of aliphatic hydroxyl groups excluding tert-OH is 1. The first-order chi connectivity index (χ1) is 1.73. The van der Waals surface area contributed by atoms with Gasteiger partial charge in [-0.2, -0.15) is 0 Å². The van der Waals surface area contributed by atoms with Crippen molar-refractivity contribution in [2.24, 2.45) is 5.73 Å². The van der Waals surface area contributed by atoms with Crippen LogP contribution in [0, 0.1) is 0 Å². The molecule has 1 atom stereocenters. The van der Waals surface area contributed by atoms with Crippen LogP contribution in [0.15, 0.2) is 0 Å². The third-order valence-corrected chi connectivity index (χ3v) is 0. The number of hydrogen-bond acceptors (Lipinski definition) is 2. The number of aliphatic hydroxyl groups is 1. The molecule has 2 nitrogen and oxygen atoms in total. The Balaban J connectivity index is 0. The van der Waals surface area contributed by atoms with Gasteiger partial charge in [-0.25, -0.2) is 0 Å². The van der Waals surface area contributed by atoms with Crippen LogP contribution in [-0.2, 0) is 16.8 Å². The zero-order valence-corrected chi connectivity index (χ0v) is 3.98. The van der Waals surface area contributed by atoms with Gasteiger partial charge in [-0.15, -0.1) is 0 Å². The number of nitrogens with two attached hydrogens (primary N) is 1. The fraction of sp³-hybridized carbons (Fsp3) is 1.00. The van der Waals surface area contributed by atoms with E-state index in [4.69, 9.17) is 5.11 Å². The van der Waals surface area contributed by atoms with Gasteiger partial charge in [0.05, 0.1) is 6.23 Å². The van der Waals surface area contributed by atoms with Crippen LogP contribution < -0.4 is 5.73 Å². The van der Waals surface area contributed by atoms with Gasteiger partial charge in [0.25, 0.3) is 0 Å². The molecule has 0 saturated heterocycles. The summed E-state index contributed by atoms with van der Waals surface area (Å²) in [5.74, 6) is 0. The molecular formula is C2H7CoNO. The molecule has 0 spiro atoms. The first-order valence-corrected chi connectivity index (χ1v) is 1.17. The summed E-state index contributed by atoms with van der Waals surface area (Å²) in [5, 5.41) is 7.83. The average molecular weight is 120 g/mol. The fourth-order valence-electron chi connectivity index (χ4n) is 0. The van der Waals surface area contributed by atoms with Crippen LogP contribution >= 0.6 is 0 Å². The first-order valence-electron chi connectivity index (χ1n) is 1.17. The van der Waals surface area contributed by atoms with Crippen molar-refractivity contribution in [2.75, 3.05) is 0 Å². The molecule has 0 aromatic heterocycles. The van der Waals surface area contributed by atoms with E-state index in [9.17, 15) is 0 Å². The second-order valence-electron chi connectivity index (χ2n) is 0.741. The number of rotatable bonds is 0. The summed E-state index contributed by atoms with van der Waals surface area (Å²) < 4.78 is 0. The molecule has 0 aromatic rings. The second-order valence-corrected chi connectivity index (χ2v) is 0.741. The molecular weight excluding hydrogens is 113 g/mol. The molecule has 0 amide bonds. The maximum Gasteiger partial charge on any atom is 0.0991 e. The van der Waals surface area contributed by atoms with Crippen molar-refractivity contribution in [3.05, 3.63) is 0 Å². The summed E-state index contributed by atoms with van der Waals surface area (Å²) in [7, 11) is 0. The molecule has 0 rings (SSSR count). The monoisotopic (exact) mass is 120 g/mol. The predicted octanol–water partition coefficient (Wildman–Crippen LogP) is -0.719. The van der Waals surface area contributed by atoms with Crippen molar-refractivity contribution >= 4 is 0 Å². The van der Waals surface area contributed by atoms with Crippen molar-refractivity contribution in [1.29, 1.82) is 0 Å². The smallest absolute Gasteiger partial charge is 0.0991 e. The zero-order chi connectivity index (χ0) is 3.58. The van der Waals surface area contributed by atoms with E-state index in [1.807, 2.05) is 0 Å². The summed E-state index contributed by atoms with van der Waals surface area (Å²) in [4.78, 5) is 0. The van der Waals surface area contributed by atoms with Crippen molar-refractivity contribution in [3.8, 4) is 0 Å². The Morgan fingerprint density at radius 2 is 1.80 bits per heavy atom. The van der Waals surface area contributed by atoms with E-state index in [2.05, 4.69) is 5.73 Å². The molecule has 3 N–H and O–H groups in total. The minimum absolute atomic E-state index is 0. The van der Waals surface area contributed by atoms with E-state index in [1.54, 1.807) is 0 Å². The van der Waals surface area contributed by atoms with E-state index in [0.717, 1.165) is 0 Å². The standard InChI is InChI=1S/C2H7NO.Co/c1-2(3)4;/h2,4H,3H2,1H3;. The van der Waals surface area contributed by atoms with Gasteiger partial charge in [-0.05, 0) is 6.92 Å². The summed E-state index contributed by atoms with van der Waals surface area (Å²) >= 11 is 0. The molecule has 1 radical (unpaired) electrons. The summed E-state index contributed by atoms with van der Waals surface area (Å²) in [6.07, 6.45) is -0.667. The Labute approximate surface area is 41.6 Å². The zero-order valence-electron chi connectivity index (χ0n) is 2.94. The molecule has 0 aromatic carbocycles. The SMILES string of the molecule is CC(N)O.[Co]. The minimum Gasteiger partial charge on any atom is -0.379 e. The van der Waals surface area contributed by atoms with Crippen LogP contribution in [0.3, 0.4) is 0 Å². The third-order valence-electron chi connectivity index (χ3n) is 0. The molecule has 3 heteroatoms. The normalized spacial score (nSPS) is 12.6. The Kier molecular flexibility index (Phi) is 8.02. The molecule has 0 aliphatic rings. The van der Waals surface area contributed by atoms with Crippen LogP contribution in [0.1, 0.15) is 6.92 Å². The van der Waals surface area contributed by atoms with E-state index >= 15 is 0 Å². The van der Waals surface area contributed by atoms with E-state index in [-0.39, 0.29) is 16.8 Å². The van der Waals surface area contributed by atoms with E-state index in [1.165, 1.54) is 6.92 Å². The van der Waals surface area contributed by atoms with Gasteiger partial charge in [0.2, 0.25) is 0 Å². The molecule has 0 aliphatic carbocycles. The van der Waals surface area contributed by atoms with E-state index < -0.39 is 6.23 Å². The van der Waals surface area contributed by atoms with Crippen LogP contribution in [0.4, 0.5) is 0 Å². The van der Waals surface area contributed by atoms with Gasteiger partial charge >= 0.3 is 0 Å². The fourth-order valence-corrected chi connectivity index (χ4v) is 0. The molecule has 5 heavy (non-hydrogen) atoms. The van der Waals surface area contributed by atoms with Crippen LogP contribution in [0.2, 0.25) is 0 Å². The first kappa shape index (κ1) is 9.06. The molecule has 35 valence electrons. The van der Waals surface area contributed by atoms with Crippen molar-refractivity contribution < 1.29 is 21.9 Å². The summed E-state index contributed by atoms with van der Waals surface area (Å²) in [6, 6.07) is 0. The Hall–Kier alpha value is 0.426. The van der Waals surface area contributed by atoms with Crippen LogP contribution in [0.5, 0.6) is 0 Å². The third kappa shape index (κ3) is 143. The van der Waals surface area contributed by atoms with E-state index in [0.29, 0.717) is 0 Å². The summed E-state index contributed by atoms with van der Waals surface area (Å²) in [5.41, 5.74) is 4.67. The molecule has 0 saturated carbocycles. The molecule has 0 aliphatic heterocycles. The Bertz CT molecular complexity index is 14.4. The predicted molar refractivity (Wildman–Crippen MR) is 15.9 cm³/mol. The second kappa shape index (κ2) is 4.43. The van der Waals surface area contributed by atoms with Gasteiger partial charge in [0.15, 0.2) is 0 Å². The number of hydrogen-bond donors (Lipinski definition) is 2. The van der Waals surface area contributed by atoms with Crippen LogP contribution in [0.25, 0.3) is 0 Å². The molecule has 1 unspecified atom stereocenters. The van der Waals surface area contributed by atoms with Crippen molar-refractivity contribution in [3.63, 3.8) is 0 Å². The van der Waals surface area contributed by atoms with Gasteiger partial charge < -0.3 is 10.8 Å². The summed E-state index contributed by atoms with van der Waals surface area (Å²) in [6.45, 7) is 1.50. The maximum atomic E-state index is 7.83. The van der Waals surface area contributed by atoms with Gasteiger partial charge in [-0.1, -0.05) is 0 Å². The van der Waals surface area contributed by atoms with Gasteiger partial charge in [0, 0.05) is 16.8 Å². The Morgan fingerprint density at radius 1 is 1.80 bits per heavy atom. The Morgan fingerprint density at radius 3 is 1.80 bits per heavy atom. The molecule has 0 bridgehead atoms.